The molecule has 7 rings (SSSR count). The van der Waals surface area contributed by atoms with E-state index in [1.165, 1.54) is 47.5 Å². The third-order valence-electron chi connectivity index (χ3n) is 10.8. The average molecular weight is 858 g/mol. The number of anilines is 1. The zero-order valence-corrected chi connectivity index (χ0v) is 34.9. The Hall–Kier alpha value is -5.51. The van der Waals surface area contributed by atoms with Gasteiger partial charge in [-0.05, 0) is 57.9 Å². The number of aromatic nitrogens is 4. The Morgan fingerprint density at radius 1 is 1.15 bits per heavy atom. The van der Waals surface area contributed by atoms with E-state index in [0.29, 0.717) is 64.0 Å². The topological polar surface area (TPSA) is 178 Å². The number of fused-ring (bicyclic) bond motifs is 2. The first kappa shape index (κ1) is 41.6. The van der Waals surface area contributed by atoms with Gasteiger partial charge in [0.05, 0.1) is 56.7 Å². The van der Waals surface area contributed by atoms with Gasteiger partial charge in [-0.15, -0.1) is 11.3 Å². The van der Waals surface area contributed by atoms with Crippen LogP contribution in [0.3, 0.4) is 0 Å². The number of carbonyl (C=O) groups is 1. The van der Waals surface area contributed by atoms with Crippen molar-refractivity contribution in [1.29, 1.82) is 10.5 Å². The molecule has 0 unspecified atom stereocenters. The van der Waals surface area contributed by atoms with Gasteiger partial charge in [0.1, 0.15) is 23.3 Å². The third-order valence-corrected chi connectivity index (χ3v) is 13.6. The number of hydrogen-bond donors (Lipinski definition) is 1. The molecule has 0 atom stereocenters. The van der Waals surface area contributed by atoms with Crippen LogP contribution in [0.15, 0.2) is 46.8 Å². The molecule has 4 aromatic heterocycles. The van der Waals surface area contributed by atoms with E-state index in [1.54, 1.807) is 31.2 Å². The number of halogens is 3. The number of pyridine rings is 2. The van der Waals surface area contributed by atoms with Crippen molar-refractivity contribution < 1.29 is 22.0 Å². The van der Waals surface area contributed by atoms with Crippen LogP contribution in [0, 0.1) is 46.8 Å². The third kappa shape index (κ3) is 8.50. The number of benzene rings is 1. The van der Waals surface area contributed by atoms with Crippen molar-refractivity contribution in [2.45, 2.75) is 71.0 Å². The summed E-state index contributed by atoms with van der Waals surface area (Å²) in [6.07, 6.45) is 4.15. The van der Waals surface area contributed by atoms with Crippen molar-refractivity contribution in [2.75, 3.05) is 30.8 Å². The second kappa shape index (κ2) is 15.9. The summed E-state index contributed by atoms with van der Waals surface area (Å²) < 4.78 is 56.5. The van der Waals surface area contributed by atoms with E-state index in [0.717, 1.165) is 0 Å². The van der Waals surface area contributed by atoms with Crippen molar-refractivity contribution in [3.63, 3.8) is 0 Å². The molecule has 59 heavy (non-hydrogen) atoms. The zero-order valence-electron chi connectivity index (χ0n) is 32.5. The fourth-order valence-corrected chi connectivity index (χ4v) is 10.4. The second-order valence-electron chi connectivity index (χ2n) is 15.5. The predicted molar refractivity (Wildman–Crippen MR) is 222 cm³/mol. The van der Waals surface area contributed by atoms with Crippen molar-refractivity contribution in [1.82, 2.24) is 29.1 Å². The molecule has 304 valence electrons. The van der Waals surface area contributed by atoms with E-state index in [9.17, 15) is 37.3 Å². The summed E-state index contributed by atoms with van der Waals surface area (Å²) in [6.45, 7) is 5.83. The molecule has 1 amide bonds. The van der Waals surface area contributed by atoms with Crippen LogP contribution in [0.2, 0.25) is 5.02 Å². The lowest BCUT2D eigenvalue weighted by molar-refractivity contribution is -0.127. The van der Waals surface area contributed by atoms with Crippen LogP contribution >= 0.6 is 22.9 Å². The van der Waals surface area contributed by atoms with E-state index in [-0.39, 0.29) is 59.0 Å². The van der Waals surface area contributed by atoms with Gasteiger partial charge in [-0.2, -0.15) is 10.5 Å². The molecule has 0 radical (unpaired) electrons. The number of hydrogen-bond acceptors (Lipinski definition) is 12. The minimum Gasteiger partial charge on any atom is -0.355 e. The van der Waals surface area contributed by atoms with Crippen LogP contribution < -0.4 is 15.2 Å². The van der Waals surface area contributed by atoms with Crippen molar-refractivity contribution in [2.24, 2.45) is 5.41 Å². The fourth-order valence-electron chi connectivity index (χ4n) is 7.68. The van der Waals surface area contributed by atoms with Crippen LogP contribution in [0.5, 0.6) is 0 Å². The van der Waals surface area contributed by atoms with Gasteiger partial charge >= 0.3 is 0 Å². The number of nitrogens with zero attached hydrogens (tertiary/aromatic N) is 8. The van der Waals surface area contributed by atoms with Crippen LogP contribution in [-0.2, 0) is 16.6 Å². The van der Waals surface area contributed by atoms with Gasteiger partial charge in [0.15, 0.2) is 0 Å². The summed E-state index contributed by atoms with van der Waals surface area (Å²) in [4.78, 5) is 44.8. The summed E-state index contributed by atoms with van der Waals surface area (Å²) in [7, 11) is -2.31. The lowest BCUT2D eigenvalue weighted by Gasteiger charge is -2.46. The molecule has 2 aliphatic rings. The number of aryl methyl sites for hydroxylation is 1. The minimum absolute atomic E-state index is 0.00700. The minimum atomic E-state index is -4.14. The van der Waals surface area contributed by atoms with Crippen LogP contribution in [0.25, 0.3) is 32.2 Å². The largest absolute Gasteiger partial charge is 0.355 e. The molecule has 0 bridgehead atoms. The summed E-state index contributed by atoms with van der Waals surface area (Å²) in [5.74, 6) is 2.90. The monoisotopic (exact) mass is 857 g/mol. The van der Waals surface area contributed by atoms with Crippen molar-refractivity contribution >= 4 is 65.8 Å². The van der Waals surface area contributed by atoms with E-state index in [2.05, 4.69) is 42.5 Å². The number of sulfonamides is 1. The summed E-state index contributed by atoms with van der Waals surface area (Å²) in [5, 5.41) is 21.7. The van der Waals surface area contributed by atoms with Crippen LogP contribution in [0.1, 0.15) is 66.8 Å². The average Bonchev–Trinajstić information content (AvgIpc) is 3.62. The van der Waals surface area contributed by atoms with Crippen LogP contribution in [-0.4, -0.2) is 82.6 Å². The number of alkyl halides is 2. The number of carbonyl (C=O) groups excluding carboxylic acids is 1. The Morgan fingerprint density at radius 3 is 2.56 bits per heavy atom. The number of nitriles is 2. The number of likely N-dealkylation sites (tertiary alicyclic amines) is 1. The molecule has 2 fully saturated rings. The Balaban J connectivity index is 1.15. The summed E-state index contributed by atoms with van der Waals surface area (Å²) >= 11 is 7.65. The lowest BCUT2D eigenvalue weighted by Crippen LogP contribution is -2.55. The molecule has 1 saturated heterocycles. The Kier molecular flexibility index (Phi) is 11.2. The van der Waals surface area contributed by atoms with Gasteiger partial charge in [0.2, 0.25) is 10.0 Å². The number of piperidine rings is 1. The Bertz CT molecular complexity index is 2840. The summed E-state index contributed by atoms with van der Waals surface area (Å²) in [5.41, 5.74) is 0.813. The molecular weight excluding hydrogens is 820 g/mol. The van der Waals surface area contributed by atoms with Gasteiger partial charge < -0.3 is 4.90 Å². The van der Waals surface area contributed by atoms with E-state index >= 15 is 0 Å². The van der Waals surface area contributed by atoms with Gasteiger partial charge in [0, 0.05) is 78.4 Å². The molecule has 1 aromatic carbocycles. The molecule has 1 aliphatic carbocycles. The van der Waals surface area contributed by atoms with Crippen LogP contribution in [0.4, 0.5) is 14.6 Å². The zero-order chi connectivity index (χ0) is 42.4. The maximum Gasteiger partial charge on any atom is 0.267 e. The molecule has 0 spiro atoms. The SMILES string of the molecule is Cc1nc2cnc(N(C)C3CCN(C4CC(F)(F)C4)CC3)c(C#N)c2c(=O)n1CC#Cc1ccc(Cl)cc1-c1ccnc2c(C(=O)NS(=O)(=O)CC(C)(C)C#N)csc12. The smallest absolute Gasteiger partial charge is 0.267 e. The first-order chi connectivity index (χ1) is 27.9. The number of rotatable bonds is 9. The number of amides is 1. The fraction of sp³-hybridized carbons (Fsp3) is 0.390. The Morgan fingerprint density at radius 2 is 1.88 bits per heavy atom. The first-order valence-corrected chi connectivity index (χ1v) is 21.6. The number of thiophene rings is 1. The molecule has 1 N–H and O–H groups in total. The normalized spacial score (nSPS) is 16.2. The molecule has 13 nitrogen and oxygen atoms in total. The molecular formula is C41H38ClF2N9O4S2. The molecule has 1 saturated carbocycles. The highest BCUT2D eigenvalue weighted by Crippen LogP contribution is 2.42. The predicted octanol–water partition coefficient (Wildman–Crippen LogP) is 6.26. The number of nitrogens with one attached hydrogen (secondary N) is 1. The van der Waals surface area contributed by atoms with Gasteiger partial charge in [0.25, 0.3) is 17.4 Å². The highest BCUT2D eigenvalue weighted by Gasteiger charge is 2.48. The van der Waals surface area contributed by atoms with Gasteiger partial charge in [-0.3, -0.25) is 24.0 Å². The maximum absolute atomic E-state index is 14.1. The highest BCUT2D eigenvalue weighted by atomic mass is 35.5. The summed E-state index contributed by atoms with van der Waals surface area (Å²) in [6, 6.07) is 10.8. The van der Waals surface area contributed by atoms with Crippen molar-refractivity contribution in [3.8, 4) is 35.1 Å². The molecule has 18 heteroatoms. The quantitative estimate of drug-likeness (QED) is 0.166. The van der Waals surface area contributed by atoms with Gasteiger partial charge in [-0.25, -0.2) is 31.9 Å². The molecule has 5 aromatic rings. The van der Waals surface area contributed by atoms with E-state index in [1.807, 2.05) is 18.0 Å². The first-order valence-electron chi connectivity index (χ1n) is 18.7. The standard InChI is InChI=1S/C41H38ClF2N9O4S2/c1-24-49-33-20-48-37(51(4)27-10-14-52(15-11-27)28-17-41(43,44)18-28)31(19-45)34(33)39(55)53(24)13-5-6-25-7-8-26(42)16-30(25)29-9-12-47-35-32(21-58-36(29)35)38(54)50-59(56,57)23-40(2,3)22-46/h7-9,12,16,20-21,27-28H,10-11,13-15,17-18,23H2,1-4H3,(H,50,54). The van der Waals surface area contributed by atoms with E-state index < -0.39 is 38.6 Å². The Labute approximate surface area is 348 Å². The highest BCUT2D eigenvalue weighted by molar-refractivity contribution is 7.90. The second-order valence-corrected chi connectivity index (χ2v) is 18.6. The maximum atomic E-state index is 14.1. The lowest BCUT2D eigenvalue weighted by atomic mass is 9.85. The van der Waals surface area contributed by atoms with Gasteiger partial charge in [-0.1, -0.05) is 23.4 Å². The molecule has 5 heterocycles. The van der Waals surface area contributed by atoms with Crippen molar-refractivity contribution in [3.05, 3.63) is 79.9 Å². The molecule has 1 aliphatic heterocycles. The van der Waals surface area contributed by atoms with E-state index in [4.69, 9.17) is 11.6 Å².